The number of benzene rings is 1. The number of methoxy groups -OCH3 is 1. The van der Waals surface area contributed by atoms with E-state index in [1.165, 1.54) is 31.0 Å². The molecule has 0 spiro atoms. The zero-order chi connectivity index (χ0) is 18.2. The minimum atomic E-state index is -0.0196. The quantitative estimate of drug-likeness (QED) is 0.568. The van der Waals surface area contributed by atoms with Gasteiger partial charge in [-0.1, -0.05) is 49.2 Å². The minimum absolute atomic E-state index is 0.0196. The molecule has 2 aromatic rings. The lowest BCUT2D eigenvalue weighted by atomic mass is 9.88. The maximum absolute atomic E-state index is 12.0. The van der Waals surface area contributed by atoms with Gasteiger partial charge in [0.1, 0.15) is 5.82 Å². The van der Waals surface area contributed by atoms with Crippen LogP contribution in [0.2, 0.25) is 0 Å². The number of carbonyl (C=O) groups is 1. The summed E-state index contributed by atoms with van der Waals surface area (Å²) in [4.78, 5) is 12.0. The highest BCUT2D eigenvalue weighted by Crippen LogP contribution is 2.34. The Hall–Kier alpha value is -1.86. The van der Waals surface area contributed by atoms with Crippen LogP contribution in [0.25, 0.3) is 5.69 Å². The van der Waals surface area contributed by atoms with Crippen molar-refractivity contribution in [3.63, 3.8) is 0 Å². The number of nitrogens with zero attached hydrogens (tertiary/aromatic N) is 3. The first-order valence-corrected chi connectivity index (χ1v) is 10.2. The van der Waals surface area contributed by atoms with Crippen molar-refractivity contribution in [1.29, 1.82) is 0 Å². The first kappa shape index (κ1) is 18.9. The zero-order valence-corrected chi connectivity index (χ0v) is 16.0. The molecule has 6 nitrogen and oxygen atoms in total. The van der Waals surface area contributed by atoms with Gasteiger partial charge in [-0.05, 0) is 25.0 Å². The predicted octanol–water partition coefficient (Wildman–Crippen LogP) is 3.17. The van der Waals surface area contributed by atoms with Gasteiger partial charge in [0.15, 0.2) is 5.16 Å². The summed E-state index contributed by atoms with van der Waals surface area (Å²) in [5, 5.41) is 12.5. The average Bonchev–Trinajstić information content (AvgIpc) is 3.12. The predicted molar refractivity (Wildman–Crippen MR) is 103 cm³/mol. The first-order valence-electron chi connectivity index (χ1n) is 9.18. The second kappa shape index (κ2) is 9.73. The van der Waals surface area contributed by atoms with Crippen LogP contribution in [0.4, 0.5) is 0 Å². The molecule has 0 saturated heterocycles. The second-order valence-corrected chi connectivity index (χ2v) is 7.42. The van der Waals surface area contributed by atoms with Crippen LogP contribution < -0.4 is 5.32 Å². The van der Waals surface area contributed by atoms with Crippen LogP contribution in [-0.4, -0.2) is 46.7 Å². The Morgan fingerprint density at radius 1 is 1.23 bits per heavy atom. The molecule has 26 heavy (non-hydrogen) atoms. The maximum Gasteiger partial charge on any atom is 0.230 e. The monoisotopic (exact) mass is 374 g/mol. The Morgan fingerprint density at radius 3 is 2.73 bits per heavy atom. The largest absolute Gasteiger partial charge is 0.383 e. The lowest BCUT2D eigenvalue weighted by molar-refractivity contribution is -0.118. The Balaban J connectivity index is 1.76. The third-order valence-electron chi connectivity index (χ3n) is 4.60. The molecule has 1 aliphatic carbocycles. The number of thioether (sulfide) groups is 1. The molecule has 1 aliphatic rings. The fraction of sp³-hybridized carbons (Fsp3) is 0.526. The van der Waals surface area contributed by atoms with Gasteiger partial charge < -0.3 is 10.1 Å². The van der Waals surface area contributed by atoms with Crippen molar-refractivity contribution in [2.45, 2.75) is 43.2 Å². The van der Waals surface area contributed by atoms with Gasteiger partial charge in [-0.25, -0.2) is 0 Å². The summed E-state index contributed by atoms with van der Waals surface area (Å²) in [6.45, 7) is 1.04. The summed E-state index contributed by atoms with van der Waals surface area (Å²) < 4.78 is 7.08. The molecule has 1 fully saturated rings. The molecule has 1 saturated carbocycles. The summed E-state index contributed by atoms with van der Waals surface area (Å²) >= 11 is 1.43. The Morgan fingerprint density at radius 2 is 2.00 bits per heavy atom. The summed E-state index contributed by atoms with van der Waals surface area (Å²) in [7, 11) is 1.62. The highest BCUT2D eigenvalue weighted by atomic mass is 32.2. The number of rotatable bonds is 8. The Kier molecular flexibility index (Phi) is 7.08. The molecule has 0 bridgehead atoms. The number of hydrogen-bond donors (Lipinski definition) is 1. The summed E-state index contributed by atoms with van der Waals surface area (Å²) in [5.74, 6) is 1.77. The van der Waals surface area contributed by atoms with Crippen molar-refractivity contribution in [1.82, 2.24) is 20.1 Å². The van der Waals surface area contributed by atoms with E-state index in [4.69, 9.17) is 4.74 Å². The number of amides is 1. The van der Waals surface area contributed by atoms with E-state index in [0.717, 1.165) is 29.5 Å². The minimum Gasteiger partial charge on any atom is -0.383 e. The topological polar surface area (TPSA) is 69.0 Å². The van der Waals surface area contributed by atoms with E-state index in [-0.39, 0.29) is 5.91 Å². The van der Waals surface area contributed by atoms with E-state index >= 15 is 0 Å². The molecule has 1 N–H and O–H groups in total. The van der Waals surface area contributed by atoms with Crippen LogP contribution in [0.15, 0.2) is 35.5 Å². The summed E-state index contributed by atoms with van der Waals surface area (Å²) in [5.41, 5.74) is 1.06. The molecule has 140 valence electrons. The molecule has 1 heterocycles. The van der Waals surface area contributed by atoms with Gasteiger partial charge >= 0.3 is 0 Å². The lowest BCUT2D eigenvalue weighted by Gasteiger charge is -2.22. The first-order chi connectivity index (χ1) is 12.8. The third-order valence-corrected chi connectivity index (χ3v) is 5.53. The van der Waals surface area contributed by atoms with Gasteiger partial charge in [0.2, 0.25) is 5.91 Å². The van der Waals surface area contributed by atoms with Gasteiger partial charge in [-0.3, -0.25) is 9.36 Å². The van der Waals surface area contributed by atoms with Crippen molar-refractivity contribution in [2.75, 3.05) is 26.0 Å². The molecular formula is C19H26N4O2S. The lowest BCUT2D eigenvalue weighted by Crippen LogP contribution is -2.28. The number of carbonyl (C=O) groups excluding carboxylic acids is 1. The molecule has 0 radical (unpaired) electrons. The SMILES string of the molecule is COCCNC(=O)CSc1nnc(C2CCCCC2)n1-c1ccccc1. The molecule has 3 rings (SSSR count). The van der Waals surface area contributed by atoms with Gasteiger partial charge in [0, 0.05) is 25.3 Å². The van der Waals surface area contributed by atoms with Gasteiger partial charge in [-0.2, -0.15) is 0 Å². The van der Waals surface area contributed by atoms with Crippen molar-refractivity contribution in [2.24, 2.45) is 0 Å². The van der Waals surface area contributed by atoms with Crippen LogP contribution in [-0.2, 0) is 9.53 Å². The highest BCUT2D eigenvalue weighted by molar-refractivity contribution is 7.99. The van der Waals surface area contributed by atoms with Crippen molar-refractivity contribution >= 4 is 17.7 Å². The van der Waals surface area contributed by atoms with Gasteiger partial charge in [-0.15, -0.1) is 10.2 Å². The molecule has 1 aromatic carbocycles. The standard InChI is InChI=1S/C19H26N4O2S/c1-25-13-12-20-17(24)14-26-19-22-21-18(15-8-4-2-5-9-15)23(19)16-10-6-3-7-11-16/h3,6-7,10-11,15H,2,4-5,8-9,12-14H2,1H3,(H,20,24). The van der Waals surface area contributed by atoms with E-state index in [0.29, 0.717) is 24.8 Å². The van der Waals surface area contributed by atoms with E-state index in [1.807, 2.05) is 18.2 Å². The Labute approximate surface area is 158 Å². The zero-order valence-electron chi connectivity index (χ0n) is 15.2. The smallest absolute Gasteiger partial charge is 0.230 e. The fourth-order valence-electron chi connectivity index (χ4n) is 3.29. The second-order valence-electron chi connectivity index (χ2n) is 6.48. The maximum atomic E-state index is 12.0. The van der Waals surface area contributed by atoms with E-state index in [9.17, 15) is 4.79 Å². The number of ether oxygens (including phenoxy) is 1. The number of aromatic nitrogens is 3. The molecule has 1 amide bonds. The van der Waals surface area contributed by atoms with Crippen LogP contribution in [0.3, 0.4) is 0 Å². The van der Waals surface area contributed by atoms with Crippen LogP contribution >= 0.6 is 11.8 Å². The van der Waals surface area contributed by atoms with E-state index < -0.39 is 0 Å². The number of nitrogens with one attached hydrogen (secondary N) is 1. The van der Waals surface area contributed by atoms with Crippen molar-refractivity contribution in [3.05, 3.63) is 36.2 Å². The van der Waals surface area contributed by atoms with Crippen molar-refractivity contribution < 1.29 is 9.53 Å². The molecule has 7 heteroatoms. The van der Waals surface area contributed by atoms with Crippen LogP contribution in [0, 0.1) is 0 Å². The Bertz CT molecular complexity index is 699. The van der Waals surface area contributed by atoms with Gasteiger partial charge in [0.05, 0.1) is 12.4 Å². The highest BCUT2D eigenvalue weighted by Gasteiger charge is 2.24. The molecule has 1 aromatic heterocycles. The van der Waals surface area contributed by atoms with E-state index in [2.05, 4.69) is 32.2 Å². The number of hydrogen-bond acceptors (Lipinski definition) is 5. The molecule has 0 unspecified atom stereocenters. The molecule has 0 atom stereocenters. The summed E-state index contributed by atoms with van der Waals surface area (Å²) in [6.07, 6.45) is 6.12. The van der Waals surface area contributed by atoms with Gasteiger partial charge in [0.25, 0.3) is 0 Å². The normalized spacial score (nSPS) is 15.1. The third kappa shape index (κ3) is 4.86. The van der Waals surface area contributed by atoms with Crippen LogP contribution in [0.1, 0.15) is 43.8 Å². The average molecular weight is 375 g/mol. The van der Waals surface area contributed by atoms with E-state index in [1.54, 1.807) is 7.11 Å². The molecule has 0 aliphatic heterocycles. The summed E-state index contributed by atoms with van der Waals surface area (Å²) in [6, 6.07) is 10.2. The van der Waals surface area contributed by atoms with Crippen molar-refractivity contribution in [3.8, 4) is 5.69 Å². The van der Waals surface area contributed by atoms with Crippen LogP contribution in [0.5, 0.6) is 0 Å². The fourth-order valence-corrected chi connectivity index (χ4v) is 4.08. The number of para-hydroxylation sites is 1. The molecular weight excluding hydrogens is 348 g/mol.